The molecule has 0 N–H and O–H groups in total. The van der Waals surface area contributed by atoms with Crippen molar-refractivity contribution in [2.24, 2.45) is 4.99 Å². The minimum atomic E-state index is 0.563. The number of rotatable bonds is 1. The molecule has 0 unspecified atom stereocenters. The van der Waals surface area contributed by atoms with Gasteiger partial charge in [-0.05, 0) is 26.0 Å². The van der Waals surface area contributed by atoms with Gasteiger partial charge in [-0.2, -0.15) is 0 Å². The SMILES string of the molecule is Cc1nc2cccc(C)n2c1N=C=O. The molecule has 0 saturated heterocycles. The van der Waals surface area contributed by atoms with Crippen molar-refractivity contribution >= 4 is 17.5 Å². The van der Waals surface area contributed by atoms with E-state index in [4.69, 9.17) is 0 Å². The number of carbonyl (C=O) groups excluding carboxylic acids is 1. The van der Waals surface area contributed by atoms with E-state index in [0.29, 0.717) is 5.82 Å². The molecule has 70 valence electrons. The summed E-state index contributed by atoms with van der Waals surface area (Å²) < 4.78 is 1.83. The first-order valence-corrected chi connectivity index (χ1v) is 4.26. The summed E-state index contributed by atoms with van der Waals surface area (Å²) in [5.41, 5.74) is 2.54. The monoisotopic (exact) mass is 187 g/mol. The molecule has 0 aliphatic heterocycles. The van der Waals surface area contributed by atoms with Crippen LogP contribution >= 0.6 is 0 Å². The number of hydrogen-bond donors (Lipinski definition) is 0. The maximum atomic E-state index is 10.2. The number of pyridine rings is 1. The number of isocyanates is 1. The Balaban J connectivity index is 2.92. The Labute approximate surface area is 80.9 Å². The molecule has 0 saturated carbocycles. The van der Waals surface area contributed by atoms with E-state index >= 15 is 0 Å². The first kappa shape index (κ1) is 8.66. The fourth-order valence-electron chi connectivity index (χ4n) is 1.52. The molecule has 4 nitrogen and oxygen atoms in total. The highest BCUT2D eigenvalue weighted by atomic mass is 16.1. The maximum absolute atomic E-state index is 10.2. The second-order valence-corrected chi connectivity index (χ2v) is 3.08. The lowest BCUT2D eigenvalue weighted by atomic mass is 10.4. The zero-order valence-electron chi connectivity index (χ0n) is 7.98. The molecular weight excluding hydrogens is 178 g/mol. The van der Waals surface area contributed by atoms with Crippen LogP contribution in [0.4, 0.5) is 5.82 Å². The lowest BCUT2D eigenvalue weighted by Crippen LogP contribution is -1.88. The van der Waals surface area contributed by atoms with Gasteiger partial charge in [0.05, 0.1) is 5.69 Å². The van der Waals surface area contributed by atoms with Crippen molar-refractivity contribution in [1.82, 2.24) is 9.38 Å². The molecule has 0 amide bonds. The molecular formula is C10H9N3O. The molecule has 14 heavy (non-hydrogen) atoms. The summed E-state index contributed by atoms with van der Waals surface area (Å²) in [5, 5.41) is 0. The largest absolute Gasteiger partial charge is 0.281 e. The molecule has 2 heterocycles. The standard InChI is InChI=1S/C10H9N3O/c1-7-4-3-5-9-12-8(2)10(11-6-14)13(7)9/h3-5H,1-2H3. The van der Waals surface area contributed by atoms with Gasteiger partial charge >= 0.3 is 0 Å². The van der Waals surface area contributed by atoms with Gasteiger partial charge in [0.25, 0.3) is 0 Å². The van der Waals surface area contributed by atoms with E-state index < -0.39 is 0 Å². The Morgan fingerprint density at radius 1 is 1.43 bits per heavy atom. The minimum Gasteiger partial charge on any atom is -0.281 e. The summed E-state index contributed by atoms with van der Waals surface area (Å²) in [7, 11) is 0. The van der Waals surface area contributed by atoms with Gasteiger partial charge in [-0.25, -0.2) is 9.78 Å². The van der Waals surface area contributed by atoms with Crippen LogP contribution in [0, 0.1) is 13.8 Å². The van der Waals surface area contributed by atoms with Gasteiger partial charge < -0.3 is 0 Å². The average Bonchev–Trinajstić information content (AvgIpc) is 2.45. The number of aliphatic imine (C=N–C) groups is 1. The van der Waals surface area contributed by atoms with Crippen LogP contribution in [0.15, 0.2) is 23.2 Å². The van der Waals surface area contributed by atoms with Crippen molar-refractivity contribution < 1.29 is 4.79 Å². The fourth-order valence-corrected chi connectivity index (χ4v) is 1.52. The topological polar surface area (TPSA) is 46.7 Å². The van der Waals surface area contributed by atoms with Crippen LogP contribution < -0.4 is 0 Å². The predicted octanol–water partition coefficient (Wildman–Crippen LogP) is 1.92. The van der Waals surface area contributed by atoms with E-state index in [1.54, 1.807) is 6.08 Å². The highest BCUT2D eigenvalue weighted by Crippen LogP contribution is 2.21. The van der Waals surface area contributed by atoms with Gasteiger partial charge in [0.15, 0.2) is 5.82 Å². The van der Waals surface area contributed by atoms with Crippen LogP contribution in [0.2, 0.25) is 0 Å². The predicted molar refractivity (Wildman–Crippen MR) is 52.4 cm³/mol. The normalized spacial score (nSPS) is 10.1. The number of aryl methyl sites for hydroxylation is 2. The van der Waals surface area contributed by atoms with Crippen molar-refractivity contribution in [3.05, 3.63) is 29.6 Å². The van der Waals surface area contributed by atoms with Gasteiger partial charge in [0, 0.05) is 5.69 Å². The Morgan fingerprint density at radius 2 is 2.21 bits per heavy atom. The maximum Gasteiger partial charge on any atom is 0.242 e. The van der Waals surface area contributed by atoms with Crippen LogP contribution in [-0.4, -0.2) is 15.5 Å². The molecule has 0 aliphatic carbocycles. The van der Waals surface area contributed by atoms with Crippen molar-refractivity contribution in [2.45, 2.75) is 13.8 Å². The van der Waals surface area contributed by atoms with Crippen LogP contribution in [0.25, 0.3) is 5.65 Å². The molecule has 0 bridgehead atoms. The van der Waals surface area contributed by atoms with E-state index in [-0.39, 0.29) is 0 Å². The first-order chi connectivity index (χ1) is 6.74. The molecule has 0 radical (unpaired) electrons. The molecule has 2 aromatic heterocycles. The number of imidazole rings is 1. The Bertz CT molecular complexity index is 536. The third-order valence-corrected chi connectivity index (χ3v) is 2.13. The Kier molecular flexibility index (Phi) is 1.91. The van der Waals surface area contributed by atoms with Gasteiger partial charge in [-0.3, -0.25) is 4.40 Å². The van der Waals surface area contributed by atoms with E-state index in [1.807, 2.05) is 36.4 Å². The fraction of sp³-hybridized carbons (Fsp3) is 0.200. The third-order valence-electron chi connectivity index (χ3n) is 2.13. The molecule has 0 spiro atoms. The number of fused-ring (bicyclic) bond motifs is 1. The summed E-state index contributed by atoms with van der Waals surface area (Å²) in [6.45, 7) is 3.76. The summed E-state index contributed by atoms with van der Waals surface area (Å²) in [5.74, 6) is 0.563. The van der Waals surface area contributed by atoms with Gasteiger partial charge in [0.1, 0.15) is 5.65 Å². The molecule has 4 heteroatoms. The van der Waals surface area contributed by atoms with Crippen LogP contribution in [0.3, 0.4) is 0 Å². The first-order valence-electron chi connectivity index (χ1n) is 4.26. The lowest BCUT2D eigenvalue weighted by molar-refractivity contribution is 0.565. The molecule has 2 rings (SSSR count). The second-order valence-electron chi connectivity index (χ2n) is 3.08. The highest BCUT2D eigenvalue weighted by Gasteiger charge is 2.08. The van der Waals surface area contributed by atoms with E-state index in [0.717, 1.165) is 17.0 Å². The molecule has 0 fully saturated rings. The Morgan fingerprint density at radius 3 is 2.93 bits per heavy atom. The average molecular weight is 187 g/mol. The van der Waals surface area contributed by atoms with Crippen molar-refractivity contribution in [3.63, 3.8) is 0 Å². The zero-order valence-corrected chi connectivity index (χ0v) is 7.98. The van der Waals surface area contributed by atoms with Crippen LogP contribution in [0.5, 0.6) is 0 Å². The third kappa shape index (κ3) is 1.13. The minimum absolute atomic E-state index is 0.563. The van der Waals surface area contributed by atoms with Gasteiger partial charge in [-0.15, -0.1) is 4.99 Å². The summed E-state index contributed by atoms with van der Waals surface area (Å²) >= 11 is 0. The molecule has 0 atom stereocenters. The quantitative estimate of drug-likeness (QED) is 0.505. The molecule has 2 aromatic rings. The second kappa shape index (κ2) is 3.09. The summed E-state index contributed by atoms with van der Waals surface area (Å²) in [6, 6.07) is 5.74. The molecule has 0 aliphatic rings. The number of nitrogens with zero attached hydrogens (tertiary/aromatic N) is 3. The lowest BCUT2D eigenvalue weighted by Gasteiger charge is -1.99. The smallest absolute Gasteiger partial charge is 0.242 e. The van der Waals surface area contributed by atoms with Gasteiger partial charge in [-0.1, -0.05) is 6.07 Å². The van der Waals surface area contributed by atoms with E-state index in [9.17, 15) is 4.79 Å². The molecule has 0 aromatic carbocycles. The summed E-state index contributed by atoms with van der Waals surface area (Å²) in [4.78, 5) is 18.2. The van der Waals surface area contributed by atoms with Crippen molar-refractivity contribution in [3.8, 4) is 0 Å². The zero-order chi connectivity index (χ0) is 10.1. The number of aromatic nitrogens is 2. The van der Waals surface area contributed by atoms with Crippen LogP contribution in [0.1, 0.15) is 11.4 Å². The van der Waals surface area contributed by atoms with E-state index in [2.05, 4.69) is 9.98 Å². The Hall–Kier alpha value is -1.93. The van der Waals surface area contributed by atoms with Gasteiger partial charge in [0.2, 0.25) is 6.08 Å². The van der Waals surface area contributed by atoms with Crippen LogP contribution in [-0.2, 0) is 4.79 Å². The number of hydrogen-bond acceptors (Lipinski definition) is 3. The van der Waals surface area contributed by atoms with Crippen molar-refractivity contribution in [1.29, 1.82) is 0 Å². The van der Waals surface area contributed by atoms with E-state index in [1.165, 1.54) is 0 Å². The summed E-state index contributed by atoms with van der Waals surface area (Å²) in [6.07, 6.45) is 1.54. The van der Waals surface area contributed by atoms with Crippen molar-refractivity contribution in [2.75, 3.05) is 0 Å². The highest BCUT2D eigenvalue weighted by molar-refractivity contribution is 5.56.